The van der Waals surface area contributed by atoms with Crippen LogP contribution < -0.4 is 15.9 Å². The van der Waals surface area contributed by atoms with Gasteiger partial charge in [-0.25, -0.2) is 0 Å². The number of unbranched alkanes of at least 4 members (excludes halogenated alkanes) is 6. The molecule has 3 aromatic rings. The molecule has 0 aromatic heterocycles. The number of hydrogen-bond acceptors (Lipinski definition) is 4. The molecular formula is C36H43O4P. The standard InChI is InChI=1S/C36H43O4P/c1-28-32(36(40)34(27-38)33(26-37)35(28)39)24-16-5-3-2-4-6-17-25-41(29-18-10-7-11-19-29,30-20-12-8-13-21-30)31-22-14-9-15-23-31/h7-15,18-23,37-38,41H,2-6,16-17,24-27H2,1H3. The van der Waals surface area contributed by atoms with Gasteiger partial charge in [-0.05, 0) is 0 Å². The Hall–Kier alpha value is -3.17. The number of ketones is 2. The summed E-state index contributed by atoms with van der Waals surface area (Å²) >= 11 is 0. The molecule has 0 fully saturated rings. The van der Waals surface area contributed by atoms with Gasteiger partial charge in [0.05, 0.1) is 13.2 Å². The zero-order valence-corrected chi connectivity index (χ0v) is 25.1. The van der Waals surface area contributed by atoms with Crippen LogP contribution in [-0.4, -0.2) is 41.2 Å². The maximum atomic E-state index is 12.8. The Bertz CT molecular complexity index is 1260. The van der Waals surface area contributed by atoms with Crippen LogP contribution in [0.4, 0.5) is 0 Å². The van der Waals surface area contributed by atoms with Gasteiger partial charge >= 0.3 is 212 Å². The molecule has 1 aliphatic carbocycles. The molecule has 0 radical (unpaired) electrons. The summed E-state index contributed by atoms with van der Waals surface area (Å²) in [6, 6.07) is 33.2. The van der Waals surface area contributed by atoms with E-state index in [4.69, 9.17) is 0 Å². The minimum atomic E-state index is -2.16. The van der Waals surface area contributed by atoms with Crippen molar-refractivity contribution in [1.82, 2.24) is 0 Å². The van der Waals surface area contributed by atoms with E-state index in [9.17, 15) is 19.8 Å². The van der Waals surface area contributed by atoms with Crippen molar-refractivity contribution in [3.05, 3.63) is 113 Å². The Morgan fingerprint density at radius 2 is 0.902 bits per heavy atom. The van der Waals surface area contributed by atoms with E-state index >= 15 is 0 Å². The maximum absolute atomic E-state index is 12.8. The van der Waals surface area contributed by atoms with Gasteiger partial charge in [-0.2, -0.15) is 0 Å². The number of rotatable bonds is 15. The SMILES string of the molecule is CC1=C(CCCCCCCCC[PH](c2ccccc2)(c2ccccc2)c2ccccc2)C(=O)C(CO)=C(CO)C1=O. The number of hydrogen-bond donors (Lipinski definition) is 2. The molecule has 5 heteroatoms. The molecular weight excluding hydrogens is 527 g/mol. The van der Waals surface area contributed by atoms with Crippen molar-refractivity contribution in [2.75, 3.05) is 19.4 Å². The Balaban J connectivity index is 1.31. The van der Waals surface area contributed by atoms with Gasteiger partial charge in [0, 0.05) is 5.57 Å². The van der Waals surface area contributed by atoms with E-state index in [1.807, 2.05) is 0 Å². The van der Waals surface area contributed by atoms with Crippen molar-refractivity contribution >= 4 is 34.7 Å². The van der Waals surface area contributed by atoms with Crippen molar-refractivity contribution in [3.8, 4) is 0 Å². The van der Waals surface area contributed by atoms with Crippen molar-refractivity contribution < 1.29 is 19.8 Å². The summed E-state index contributed by atoms with van der Waals surface area (Å²) in [5.74, 6) is -0.594. The summed E-state index contributed by atoms with van der Waals surface area (Å²) in [4.78, 5) is 25.3. The average molecular weight is 571 g/mol. The van der Waals surface area contributed by atoms with Gasteiger partial charge in [-0.3, -0.25) is 4.79 Å². The molecule has 3 aromatic carbocycles. The van der Waals surface area contributed by atoms with Crippen molar-refractivity contribution in [1.29, 1.82) is 0 Å². The topological polar surface area (TPSA) is 74.6 Å². The monoisotopic (exact) mass is 570 g/mol. The molecule has 216 valence electrons. The van der Waals surface area contributed by atoms with E-state index in [0.29, 0.717) is 17.6 Å². The van der Waals surface area contributed by atoms with E-state index in [1.165, 1.54) is 41.3 Å². The van der Waals surface area contributed by atoms with Crippen LogP contribution >= 0.6 is 7.26 Å². The van der Waals surface area contributed by atoms with Crippen molar-refractivity contribution in [3.63, 3.8) is 0 Å². The zero-order chi connectivity index (χ0) is 29.1. The average Bonchev–Trinajstić information content (AvgIpc) is 3.02. The third kappa shape index (κ3) is 7.01. The number of Topliss-reactive ketones (excluding diaryl/α,β-unsaturated/α-hetero) is 2. The van der Waals surface area contributed by atoms with Crippen LogP contribution in [0.15, 0.2) is 113 Å². The molecule has 1 aliphatic rings. The molecule has 0 heterocycles. The van der Waals surface area contributed by atoms with E-state index in [-0.39, 0.29) is 22.7 Å². The fourth-order valence-electron chi connectivity index (χ4n) is 6.30. The smallest absolute Gasteiger partial charge is 0.392 e. The van der Waals surface area contributed by atoms with Crippen LogP contribution in [0.5, 0.6) is 0 Å². The molecule has 0 unspecified atom stereocenters. The first-order chi connectivity index (χ1) is 20.0. The van der Waals surface area contributed by atoms with E-state index < -0.39 is 20.5 Å². The second kappa shape index (κ2) is 15.2. The van der Waals surface area contributed by atoms with E-state index in [2.05, 4.69) is 91.0 Å². The molecule has 0 aliphatic heterocycles. The molecule has 4 rings (SSSR count). The number of aliphatic hydroxyl groups is 2. The predicted molar refractivity (Wildman–Crippen MR) is 172 cm³/mol. The molecule has 0 spiro atoms. The fourth-order valence-corrected chi connectivity index (χ4v) is 11.2. The second-order valence-corrected chi connectivity index (χ2v) is 15.1. The normalized spacial score (nSPS) is 14.6. The number of benzene rings is 3. The molecule has 4 nitrogen and oxygen atoms in total. The van der Waals surface area contributed by atoms with Gasteiger partial charge < -0.3 is 10.2 Å². The Morgan fingerprint density at radius 3 is 1.34 bits per heavy atom. The first-order valence-electron chi connectivity index (χ1n) is 14.9. The third-order valence-electron chi connectivity index (χ3n) is 8.57. The summed E-state index contributed by atoms with van der Waals surface area (Å²) in [6.07, 6.45) is 9.34. The van der Waals surface area contributed by atoms with Gasteiger partial charge in [0.2, 0.25) is 0 Å². The second-order valence-electron chi connectivity index (χ2n) is 11.0. The molecule has 0 saturated carbocycles. The molecule has 0 saturated heterocycles. The van der Waals surface area contributed by atoms with Gasteiger partial charge in [0.15, 0.2) is 0 Å². The molecule has 0 bridgehead atoms. The number of aliphatic hydroxyl groups excluding tert-OH is 2. The summed E-state index contributed by atoms with van der Waals surface area (Å²) in [5.41, 5.74) is 1.01. The first kappa shape index (κ1) is 30.8. The number of carbonyl (C=O) groups excluding carboxylic acids is 2. The van der Waals surface area contributed by atoms with Crippen LogP contribution in [-0.2, 0) is 9.59 Å². The Morgan fingerprint density at radius 1 is 0.512 bits per heavy atom. The van der Waals surface area contributed by atoms with Crippen LogP contribution in [0.1, 0.15) is 58.3 Å². The van der Waals surface area contributed by atoms with E-state index in [0.717, 1.165) is 25.7 Å². The van der Waals surface area contributed by atoms with Crippen LogP contribution in [0.3, 0.4) is 0 Å². The van der Waals surface area contributed by atoms with Crippen molar-refractivity contribution in [2.24, 2.45) is 0 Å². The minimum absolute atomic E-state index is 0.0395. The van der Waals surface area contributed by atoms with Gasteiger partial charge in [-0.1, -0.05) is 0 Å². The Labute approximate surface area is 245 Å². The Kier molecular flexibility index (Phi) is 11.4. The minimum Gasteiger partial charge on any atom is -0.392 e. The van der Waals surface area contributed by atoms with Crippen LogP contribution in [0, 0.1) is 0 Å². The predicted octanol–water partition coefficient (Wildman–Crippen LogP) is 5.58. The van der Waals surface area contributed by atoms with Crippen LogP contribution in [0.25, 0.3) is 0 Å². The molecule has 0 atom stereocenters. The van der Waals surface area contributed by atoms with Gasteiger partial charge in [0.25, 0.3) is 0 Å². The summed E-state index contributed by atoms with van der Waals surface area (Å²) in [5, 5.41) is 23.4. The third-order valence-corrected chi connectivity index (χ3v) is 13.6. The molecule has 41 heavy (non-hydrogen) atoms. The van der Waals surface area contributed by atoms with Crippen molar-refractivity contribution in [2.45, 2.75) is 58.3 Å². The summed E-state index contributed by atoms with van der Waals surface area (Å²) in [6.45, 7) is 0.625. The molecule has 0 amide bonds. The van der Waals surface area contributed by atoms with E-state index in [1.54, 1.807) is 6.92 Å². The zero-order valence-electron chi connectivity index (χ0n) is 24.1. The number of carbonyl (C=O) groups is 2. The molecule has 2 N–H and O–H groups in total. The quantitative estimate of drug-likeness (QED) is 0.142. The number of allylic oxidation sites excluding steroid dienone is 2. The van der Waals surface area contributed by atoms with Gasteiger partial charge in [-0.15, -0.1) is 0 Å². The fraction of sp³-hybridized carbons (Fsp3) is 0.333. The summed E-state index contributed by atoms with van der Waals surface area (Å²) < 4.78 is 0. The summed E-state index contributed by atoms with van der Waals surface area (Å²) in [7, 11) is -2.16. The van der Waals surface area contributed by atoms with Gasteiger partial charge in [0.1, 0.15) is 0 Å². The van der Waals surface area contributed by atoms with Crippen LogP contribution in [0.2, 0.25) is 0 Å². The first-order valence-corrected chi connectivity index (χ1v) is 17.1.